The molecule has 0 spiro atoms. The number of imidazole rings is 1. The van der Waals surface area contributed by atoms with E-state index in [1.807, 2.05) is 17.1 Å². The van der Waals surface area contributed by atoms with Crippen LogP contribution >= 0.6 is 11.8 Å². The number of aromatic nitrogens is 6. The molecule has 2 rings (SSSR count). The summed E-state index contributed by atoms with van der Waals surface area (Å²) in [4.78, 5) is 4.36. The molecule has 2 heterocycles. The highest BCUT2D eigenvalue weighted by atomic mass is 32.2. The molecule has 7 nitrogen and oxygen atoms in total. The van der Waals surface area contributed by atoms with Crippen LogP contribution in [0.3, 0.4) is 0 Å². The lowest BCUT2D eigenvalue weighted by Crippen LogP contribution is -2.24. The number of aryl methyl sites for hydroxylation is 1. The maximum atomic E-state index is 4.36. The molecule has 0 aliphatic heterocycles. The van der Waals surface area contributed by atoms with E-state index in [1.54, 1.807) is 11.8 Å². The normalized spacial score (nSPS) is 11.4. The maximum absolute atomic E-state index is 4.36. The Labute approximate surface area is 129 Å². The van der Waals surface area contributed by atoms with E-state index in [0.717, 1.165) is 42.9 Å². The van der Waals surface area contributed by atoms with Crippen LogP contribution in [0.15, 0.2) is 17.6 Å². The van der Waals surface area contributed by atoms with Gasteiger partial charge in [0.15, 0.2) is 0 Å². The van der Waals surface area contributed by atoms with Crippen molar-refractivity contribution in [2.45, 2.75) is 44.8 Å². The molecule has 0 radical (unpaired) electrons. The summed E-state index contributed by atoms with van der Waals surface area (Å²) in [7, 11) is 0. The van der Waals surface area contributed by atoms with Gasteiger partial charge in [-0.25, -0.2) is 9.67 Å². The van der Waals surface area contributed by atoms with E-state index in [4.69, 9.17) is 0 Å². The first-order valence-corrected chi connectivity index (χ1v) is 8.29. The standard InChI is InChI=1S/C13H23N7S/c1-4-19-7-6-15-12(19)10-21-13-16-17-18-20(13)8-5-14-9-11(2)3/h6-7,11,14H,4-5,8-10H2,1-3H3. The van der Waals surface area contributed by atoms with Crippen LogP contribution in [-0.2, 0) is 18.8 Å². The van der Waals surface area contributed by atoms with Crippen LogP contribution in [-0.4, -0.2) is 42.8 Å². The highest BCUT2D eigenvalue weighted by Crippen LogP contribution is 2.18. The second kappa shape index (κ2) is 8.14. The number of thioether (sulfide) groups is 1. The topological polar surface area (TPSA) is 73.5 Å². The van der Waals surface area contributed by atoms with Gasteiger partial charge >= 0.3 is 0 Å². The van der Waals surface area contributed by atoms with Crippen molar-refractivity contribution in [1.29, 1.82) is 0 Å². The molecule has 0 unspecified atom stereocenters. The van der Waals surface area contributed by atoms with Crippen LogP contribution in [0.4, 0.5) is 0 Å². The van der Waals surface area contributed by atoms with Crippen LogP contribution in [0.25, 0.3) is 0 Å². The van der Waals surface area contributed by atoms with Gasteiger partial charge in [0.2, 0.25) is 5.16 Å². The van der Waals surface area contributed by atoms with Crippen LogP contribution in [0.2, 0.25) is 0 Å². The zero-order valence-corrected chi connectivity index (χ0v) is 13.7. The molecule has 0 aromatic carbocycles. The molecule has 1 N–H and O–H groups in total. The van der Waals surface area contributed by atoms with Crippen molar-refractivity contribution in [2.75, 3.05) is 13.1 Å². The van der Waals surface area contributed by atoms with E-state index >= 15 is 0 Å². The first-order chi connectivity index (χ1) is 10.2. The largest absolute Gasteiger partial charge is 0.335 e. The first-order valence-electron chi connectivity index (χ1n) is 7.30. The van der Waals surface area contributed by atoms with Crippen molar-refractivity contribution in [1.82, 2.24) is 35.1 Å². The summed E-state index contributed by atoms with van der Waals surface area (Å²) in [5, 5.41) is 16.1. The summed E-state index contributed by atoms with van der Waals surface area (Å²) in [6.45, 7) is 10.1. The van der Waals surface area contributed by atoms with Crippen molar-refractivity contribution in [3.63, 3.8) is 0 Å². The lowest BCUT2D eigenvalue weighted by atomic mass is 10.2. The second-order valence-corrected chi connectivity index (χ2v) is 6.14. The van der Waals surface area contributed by atoms with Gasteiger partial charge in [-0.3, -0.25) is 0 Å². The minimum atomic E-state index is 0.653. The highest BCUT2D eigenvalue weighted by Gasteiger charge is 2.09. The van der Waals surface area contributed by atoms with Crippen molar-refractivity contribution in [2.24, 2.45) is 5.92 Å². The third-order valence-corrected chi connectivity index (χ3v) is 3.98. The molecule has 2 aromatic heterocycles. The molecule has 8 heteroatoms. The van der Waals surface area contributed by atoms with Gasteiger partial charge in [-0.2, -0.15) is 0 Å². The van der Waals surface area contributed by atoms with E-state index in [1.165, 1.54) is 0 Å². The summed E-state index contributed by atoms with van der Waals surface area (Å²) >= 11 is 1.62. The minimum Gasteiger partial charge on any atom is -0.335 e. The summed E-state index contributed by atoms with van der Waals surface area (Å²) in [6.07, 6.45) is 3.83. The van der Waals surface area contributed by atoms with Gasteiger partial charge in [-0.15, -0.1) is 5.10 Å². The average molecular weight is 309 g/mol. The van der Waals surface area contributed by atoms with Gasteiger partial charge in [0.1, 0.15) is 5.82 Å². The van der Waals surface area contributed by atoms with E-state index < -0.39 is 0 Å². The van der Waals surface area contributed by atoms with E-state index in [2.05, 4.69) is 51.2 Å². The fourth-order valence-electron chi connectivity index (χ4n) is 1.91. The summed E-state index contributed by atoms with van der Waals surface area (Å²) in [5.41, 5.74) is 0. The molecular weight excluding hydrogens is 286 g/mol. The molecule has 0 saturated heterocycles. The molecule has 0 aliphatic carbocycles. The Kier molecular flexibility index (Phi) is 6.19. The van der Waals surface area contributed by atoms with Crippen LogP contribution in [0.5, 0.6) is 0 Å². The Morgan fingerprint density at radius 2 is 2.24 bits per heavy atom. The van der Waals surface area contributed by atoms with E-state index in [-0.39, 0.29) is 0 Å². The molecule has 0 fully saturated rings. The molecule has 2 aromatic rings. The predicted molar refractivity (Wildman–Crippen MR) is 83.0 cm³/mol. The first kappa shape index (κ1) is 16.0. The van der Waals surface area contributed by atoms with Gasteiger partial charge in [0, 0.05) is 25.5 Å². The Balaban J connectivity index is 1.83. The van der Waals surface area contributed by atoms with Crippen LogP contribution in [0, 0.1) is 5.92 Å². The van der Waals surface area contributed by atoms with Crippen LogP contribution < -0.4 is 5.32 Å². The molecule has 0 saturated carbocycles. The molecule has 0 amide bonds. The lowest BCUT2D eigenvalue weighted by molar-refractivity contribution is 0.482. The van der Waals surface area contributed by atoms with Gasteiger partial charge in [-0.05, 0) is 29.8 Å². The van der Waals surface area contributed by atoms with Crippen LogP contribution in [0.1, 0.15) is 26.6 Å². The number of nitrogens with zero attached hydrogens (tertiary/aromatic N) is 6. The fourth-order valence-corrected chi connectivity index (χ4v) is 2.78. The Bertz CT molecular complexity index is 534. The smallest absolute Gasteiger partial charge is 0.209 e. The van der Waals surface area contributed by atoms with Gasteiger partial charge in [-0.1, -0.05) is 25.6 Å². The lowest BCUT2D eigenvalue weighted by Gasteiger charge is -2.08. The third-order valence-electron chi connectivity index (χ3n) is 3.02. The molecule has 0 aliphatic rings. The second-order valence-electron chi connectivity index (χ2n) is 5.20. The molecule has 21 heavy (non-hydrogen) atoms. The number of rotatable bonds is 9. The zero-order valence-electron chi connectivity index (χ0n) is 12.9. The van der Waals surface area contributed by atoms with Crippen molar-refractivity contribution in [3.8, 4) is 0 Å². The number of nitrogens with one attached hydrogen (secondary N) is 1. The Morgan fingerprint density at radius 1 is 1.38 bits per heavy atom. The third kappa shape index (κ3) is 4.82. The van der Waals surface area contributed by atoms with E-state index in [9.17, 15) is 0 Å². The maximum Gasteiger partial charge on any atom is 0.209 e. The summed E-state index contributed by atoms with van der Waals surface area (Å²) < 4.78 is 3.97. The monoisotopic (exact) mass is 309 g/mol. The summed E-state index contributed by atoms with van der Waals surface area (Å²) in [6, 6.07) is 0. The highest BCUT2D eigenvalue weighted by molar-refractivity contribution is 7.98. The number of tetrazole rings is 1. The Hall–Kier alpha value is -1.41. The van der Waals surface area contributed by atoms with Gasteiger partial charge in [0.05, 0.1) is 12.3 Å². The van der Waals surface area contributed by atoms with Crippen molar-refractivity contribution >= 4 is 11.8 Å². The quantitative estimate of drug-likeness (QED) is 0.558. The molecule has 0 bridgehead atoms. The van der Waals surface area contributed by atoms with E-state index in [0.29, 0.717) is 5.92 Å². The number of hydrogen-bond acceptors (Lipinski definition) is 6. The molecule has 116 valence electrons. The van der Waals surface area contributed by atoms with Gasteiger partial charge < -0.3 is 9.88 Å². The summed E-state index contributed by atoms with van der Waals surface area (Å²) in [5.74, 6) is 2.48. The van der Waals surface area contributed by atoms with Crippen molar-refractivity contribution in [3.05, 3.63) is 18.2 Å². The Morgan fingerprint density at radius 3 is 3.00 bits per heavy atom. The predicted octanol–water partition coefficient (Wildman–Crippen LogP) is 1.43. The fraction of sp³-hybridized carbons (Fsp3) is 0.692. The van der Waals surface area contributed by atoms with Gasteiger partial charge in [0.25, 0.3) is 0 Å². The SMILES string of the molecule is CCn1ccnc1CSc1nnnn1CCNCC(C)C. The minimum absolute atomic E-state index is 0.653. The molecule has 0 atom stereocenters. The molecular formula is C13H23N7S. The average Bonchev–Trinajstić information content (AvgIpc) is 3.09. The van der Waals surface area contributed by atoms with Crippen molar-refractivity contribution < 1.29 is 0 Å². The zero-order chi connectivity index (χ0) is 15.1. The number of hydrogen-bond donors (Lipinski definition) is 1.